The van der Waals surface area contributed by atoms with E-state index in [4.69, 9.17) is 0 Å². The first-order valence-corrected chi connectivity index (χ1v) is 3.14. The molecule has 3 nitrogen and oxygen atoms in total. The average Bonchev–Trinajstić information content (AvgIpc) is 1.98. The highest BCUT2D eigenvalue weighted by Crippen LogP contribution is 1.80. The second kappa shape index (κ2) is 6.48. The van der Waals surface area contributed by atoms with Gasteiger partial charge in [0, 0.05) is 13.1 Å². The number of ether oxygens (including phenoxy) is 1. The number of nitrogens with one attached hydrogen (secondary N) is 1. The summed E-state index contributed by atoms with van der Waals surface area (Å²) >= 11 is 0. The molecule has 0 saturated heterocycles. The van der Waals surface area contributed by atoms with Gasteiger partial charge >= 0.3 is 5.97 Å². The highest BCUT2D eigenvalue weighted by atomic mass is 19.1. The Kier molecular flexibility index (Phi) is 6.06. The molecule has 0 fully saturated rings. The van der Waals surface area contributed by atoms with Crippen molar-refractivity contribution in [1.82, 2.24) is 5.32 Å². The summed E-state index contributed by atoms with van der Waals surface area (Å²) in [6.07, 6.45) is 0.302. The first kappa shape index (κ1) is 9.36. The van der Waals surface area contributed by atoms with Gasteiger partial charge in [-0.25, -0.2) is 4.39 Å². The predicted octanol–water partition coefficient (Wildman–Crippen LogP) is 0.109. The summed E-state index contributed by atoms with van der Waals surface area (Å²) in [6, 6.07) is 0. The molecule has 1 N–H and O–H groups in total. The highest BCUT2D eigenvalue weighted by molar-refractivity contribution is 5.69. The summed E-state index contributed by atoms with van der Waals surface area (Å²) in [5.74, 6) is -0.272. The minimum Gasteiger partial charge on any atom is -0.469 e. The van der Waals surface area contributed by atoms with Crippen molar-refractivity contribution in [2.24, 2.45) is 0 Å². The van der Waals surface area contributed by atoms with Gasteiger partial charge in [0.05, 0.1) is 13.5 Å². The molecule has 0 aromatic rings. The number of rotatable bonds is 5. The molecule has 0 aliphatic carbocycles. The molecule has 0 aliphatic heterocycles. The summed E-state index contributed by atoms with van der Waals surface area (Å²) in [6.45, 7) is 0.384. The molecule has 0 radical (unpaired) electrons. The van der Waals surface area contributed by atoms with Gasteiger partial charge in [0.2, 0.25) is 0 Å². The molecule has 10 heavy (non-hydrogen) atoms. The third-order valence-corrected chi connectivity index (χ3v) is 1.00. The predicted molar refractivity (Wildman–Crippen MR) is 35.5 cm³/mol. The van der Waals surface area contributed by atoms with Crippen LogP contribution in [-0.2, 0) is 9.53 Å². The molecule has 0 unspecified atom stereocenters. The summed E-state index contributed by atoms with van der Waals surface area (Å²) in [7, 11) is 1.33. The quantitative estimate of drug-likeness (QED) is 0.445. The molecule has 0 rings (SSSR count). The van der Waals surface area contributed by atoms with E-state index in [-0.39, 0.29) is 5.97 Å². The van der Waals surface area contributed by atoms with Crippen molar-refractivity contribution in [2.45, 2.75) is 6.42 Å². The number of hydrogen-bond donors (Lipinski definition) is 1. The highest BCUT2D eigenvalue weighted by Gasteiger charge is 1.96. The first-order chi connectivity index (χ1) is 4.81. The van der Waals surface area contributed by atoms with Gasteiger partial charge in [-0.15, -0.1) is 0 Å². The van der Waals surface area contributed by atoms with Gasteiger partial charge in [-0.2, -0.15) is 0 Å². The van der Waals surface area contributed by atoms with Crippen LogP contribution in [0.25, 0.3) is 0 Å². The molecule has 0 aromatic heterocycles. The molecular weight excluding hydrogens is 137 g/mol. The van der Waals surface area contributed by atoms with Crippen molar-refractivity contribution in [3.05, 3.63) is 0 Å². The Morgan fingerprint density at radius 2 is 2.30 bits per heavy atom. The minimum atomic E-state index is -0.402. The Labute approximate surface area is 59.6 Å². The Balaban J connectivity index is 2.96. The second-order valence-corrected chi connectivity index (χ2v) is 1.77. The number of methoxy groups -OCH3 is 1. The summed E-state index contributed by atoms with van der Waals surface area (Å²) < 4.78 is 15.8. The molecule has 0 aliphatic rings. The molecule has 60 valence electrons. The zero-order valence-corrected chi connectivity index (χ0v) is 6.02. The van der Waals surface area contributed by atoms with Gasteiger partial charge in [0.25, 0.3) is 0 Å². The van der Waals surface area contributed by atoms with Gasteiger partial charge in [0.15, 0.2) is 0 Å². The van der Waals surface area contributed by atoms with Crippen molar-refractivity contribution in [3.8, 4) is 0 Å². The Morgan fingerprint density at radius 1 is 1.60 bits per heavy atom. The smallest absolute Gasteiger partial charge is 0.306 e. The number of carbonyl (C=O) groups excluding carboxylic acids is 1. The van der Waals surface area contributed by atoms with E-state index in [1.54, 1.807) is 0 Å². The molecule has 0 amide bonds. The number of esters is 1. The van der Waals surface area contributed by atoms with Crippen LogP contribution in [0.5, 0.6) is 0 Å². The van der Waals surface area contributed by atoms with Gasteiger partial charge in [0.1, 0.15) is 6.67 Å². The third-order valence-electron chi connectivity index (χ3n) is 1.00. The van der Waals surface area contributed by atoms with Crippen LogP contribution >= 0.6 is 0 Å². The topological polar surface area (TPSA) is 38.3 Å². The van der Waals surface area contributed by atoms with E-state index in [9.17, 15) is 9.18 Å². The van der Waals surface area contributed by atoms with Crippen LogP contribution in [0.3, 0.4) is 0 Å². The standard InChI is InChI=1S/C6H12FNO2/c1-10-6(9)2-4-8-5-3-7/h8H,2-5H2,1H3. The number of hydrogen-bond acceptors (Lipinski definition) is 3. The van der Waals surface area contributed by atoms with Crippen molar-refractivity contribution in [3.63, 3.8) is 0 Å². The largest absolute Gasteiger partial charge is 0.469 e. The summed E-state index contributed by atoms with van der Waals surface area (Å²) in [4.78, 5) is 10.4. The monoisotopic (exact) mass is 149 g/mol. The van der Waals surface area contributed by atoms with Crippen LogP contribution in [0.2, 0.25) is 0 Å². The lowest BCUT2D eigenvalue weighted by atomic mass is 10.4. The van der Waals surface area contributed by atoms with E-state index in [1.807, 2.05) is 0 Å². The van der Waals surface area contributed by atoms with Crippen LogP contribution in [0.1, 0.15) is 6.42 Å². The van der Waals surface area contributed by atoms with Gasteiger partial charge in [-0.3, -0.25) is 4.79 Å². The van der Waals surface area contributed by atoms with E-state index in [2.05, 4.69) is 10.1 Å². The van der Waals surface area contributed by atoms with Crippen LogP contribution in [0.4, 0.5) is 4.39 Å². The van der Waals surface area contributed by atoms with Crippen molar-refractivity contribution in [1.29, 1.82) is 0 Å². The van der Waals surface area contributed by atoms with E-state index in [1.165, 1.54) is 7.11 Å². The molecule has 4 heteroatoms. The van der Waals surface area contributed by atoms with Crippen LogP contribution in [0, 0.1) is 0 Å². The Hall–Kier alpha value is -0.640. The zero-order valence-electron chi connectivity index (χ0n) is 6.02. The fraction of sp³-hybridized carbons (Fsp3) is 0.833. The maximum absolute atomic E-state index is 11.4. The SMILES string of the molecule is COC(=O)CCNCCF. The second-order valence-electron chi connectivity index (χ2n) is 1.77. The Morgan fingerprint density at radius 3 is 2.80 bits per heavy atom. The van der Waals surface area contributed by atoms with Gasteiger partial charge < -0.3 is 10.1 Å². The van der Waals surface area contributed by atoms with E-state index < -0.39 is 6.67 Å². The summed E-state index contributed by atoms with van der Waals surface area (Å²) in [5, 5.41) is 2.72. The van der Waals surface area contributed by atoms with E-state index in [0.717, 1.165) is 0 Å². The van der Waals surface area contributed by atoms with Crippen LogP contribution in [0.15, 0.2) is 0 Å². The van der Waals surface area contributed by atoms with Crippen LogP contribution < -0.4 is 5.32 Å². The van der Waals surface area contributed by atoms with E-state index in [0.29, 0.717) is 19.5 Å². The normalized spacial score (nSPS) is 9.40. The van der Waals surface area contributed by atoms with Crippen molar-refractivity contribution in [2.75, 3.05) is 26.9 Å². The molecule has 0 saturated carbocycles. The maximum Gasteiger partial charge on any atom is 0.306 e. The first-order valence-electron chi connectivity index (χ1n) is 3.14. The fourth-order valence-electron chi connectivity index (χ4n) is 0.484. The van der Waals surface area contributed by atoms with E-state index >= 15 is 0 Å². The summed E-state index contributed by atoms with van der Waals surface area (Å²) in [5.41, 5.74) is 0. The van der Waals surface area contributed by atoms with Crippen molar-refractivity contribution >= 4 is 5.97 Å². The lowest BCUT2D eigenvalue weighted by Gasteiger charge is -1.99. The fourth-order valence-corrected chi connectivity index (χ4v) is 0.484. The number of carbonyl (C=O) groups is 1. The average molecular weight is 149 g/mol. The third kappa shape index (κ3) is 5.50. The Bertz CT molecular complexity index is 97.7. The zero-order chi connectivity index (χ0) is 7.82. The molecule has 0 spiro atoms. The molecular formula is C6H12FNO2. The lowest BCUT2D eigenvalue weighted by Crippen LogP contribution is -2.20. The lowest BCUT2D eigenvalue weighted by molar-refractivity contribution is -0.140. The maximum atomic E-state index is 11.4. The van der Waals surface area contributed by atoms with Gasteiger partial charge in [-0.05, 0) is 0 Å². The van der Waals surface area contributed by atoms with Gasteiger partial charge in [-0.1, -0.05) is 0 Å². The molecule has 0 heterocycles. The minimum absolute atomic E-state index is 0.272. The van der Waals surface area contributed by atoms with Crippen molar-refractivity contribution < 1.29 is 13.9 Å². The molecule has 0 bridgehead atoms. The number of alkyl halides is 1. The molecule has 0 atom stereocenters. The van der Waals surface area contributed by atoms with Crippen LogP contribution in [-0.4, -0.2) is 32.8 Å². The number of halogens is 1. The molecule has 0 aromatic carbocycles.